The Kier molecular flexibility index (Phi) is 4.05. The number of H-pyrrole nitrogens is 1. The van der Waals surface area contributed by atoms with Gasteiger partial charge in [0.15, 0.2) is 0 Å². The number of hydrogen-bond donors (Lipinski definition) is 1. The average molecular weight is 319 g/mol. The third-order valence-electron chi connectivity index (χ3n) is 4.62. The number of aromatic nitrogens is 2. The van der Waals surface area contributed by atoms with Crippen molar-refractivity contribution in [2.75, 3.05) is 13.7 Å². The molecule has 0 fully saturated rings. The van der Waals surface area contributed by atoms with E-state index in [4.69, 9.17) is 4.74 Å². The number of benzene rings is 2. The van der Waals surface area contributed by atoms with Gasteiger partial charge in [-0.25, -0.2) is 0 Å². The van der Waals surface area contributed by atoms with Crippen molar-refractivity contribution in [1.29, 1.82) is 0 Å². The monoisotopic (exact) mass is 319 g/mol. The van der Waals surface area contributed by atoms with Gasteiger partial charge in [0.1, 0.15) is 11.4 Å². The molecule has 4 rings (SSSR count). The third kappa shape index (κ3) is 2.81. The van der Waals surface area contributed by atoms with Crippen molar-refractivity contribution in [2.24, 2.45) is 0 Å². The average Bonchev–Trinajstić information content (AvgIpc) is 3.05. The molecule has 0 radical (unpaired) electrons. The van der Waals surface area contributed by atoms with Crippen LogP contribution in [0.4, 0.5) is 0 Å². The lowest BCUT2D eigenvalue weighted by molar-refractivity contribution is 0.245. The van der Waals surface area contributed by atoms with Gasteiger partial charge in [0.2, 0.25) is 0 Å². The molecule has 0 spiro atoms. The Bertz CT molecular complexity index is 826. The summed E-state index contributed by atoms with van der Waals surface area (Å²) >= 11 is 0. The maximum absolute atomic E-state index is 5.52. The zero-order valence-electron chi connectivity index (χ0n) is 13.8. The Morgan fingerprint density at radius 3 is 2.71 bits per heavy atom. The number of methoxy groups -OCH3 is 1. The van der Waals surface area contributed by atoms with Gasteiger partial charge in [-0.15, -0.1) is 0 Å². The molecule has 24 heavy (non-hydrogen) atoms. The summed E-state index contributed by atoms with van der Waals surface area (Å²) in [5.74, 6) is 0.868. The van der Waals surface area contributed by atoms with Crippen molar-refractivity contribution in [3.05, 3.63) is 71.4 Å². The summed E-state index contributed by atoms with van der Waals surface area (Å²) in [4.78, 5) is 2.48. The van der Waals surface area contributed by atoms with Crippen molar-refractivity contribution in [3.8, 4) is 17.0 Å². The third-order valence-corrected chi connectivity index (χ3v) is 4.62. The van der Waals surface area contributed by atoms with E-state index in [2.05, 4.69) is 51.5 Å². The lowest BCUT2D eigenvalue weighted by atomic mass is 10.00. The van der Waals surface area contributed by atoms with E-state index < -0.39 is 0 Å². The minimum Gasteiger partial charge on any atom is -0.496 e. The molecule has 0 amide bonds. The van der Waals surface area contributed by atoms with Crippen LogP contribution in [-0.2, 0) is 19.5 Å². The Hall–Kier alpha value is -2.59. The maximum atomic E-state index is 5.52. The quantitative estimate of drug-likeness (QED) is 0.798. The van der Waals surface area contributed by atoms with Gasteiger partial charge in [-0.3, -0.25) is 10.00 Å². The fourth-order valence-electron chi connectivity index (χ4n) is 3.39. The number of ether oxygens (including phenoxy) is 1. The second kappa shape index (κ2) is 6.49. The standard InChI is InChI=1S/C20H21N3O/c1-24-19-10-6-5-9-16(19)20-17-14-23(12-11-18(17)21-22-20)13-15-7-3-2-4-8-15/h2-10H,11-14H2,1H3,(H,21,22). The minimum atomic E-state index is 0.868. The molecule has 3 aromatic rings. The van der Waals surface area contributed by atoms with Crippen LogP contribution in [0.15, 0.2) is 54.6 Å². The number of hydrogen-bond acceptors (Lipinski definition) is 3. The lowest BCUT2D eigenvalue weighted by Gasteiger charge is -2.27. The van der Waals surface area contributed by atoms with Gasteiger partial charge in [0.25, 0.3) is 0 Å². The zero-order chi connectivity index (χ0) is 16.4. The predicted octanol–water partition coefficient (Wildman–Crippen LogP) is 3.64. The van der Waals surface area contributed by atoms with Crippen LogP contribution < -0.4 is 4.74 Å². The second-order valence-corrected chi connectivity index (χ2v) is 6.18. The highest BCUT2D eigenvalue weighted by molar-refractivity contribution is 5.70. The molecule has 0 atom stereocenters. The van der Waals surface area contributed by atoms with Crippen LogP contribution in [-0.4, -0.2) is 28.8 Å². The first kappa shape index (κ1) is 15.0. The molecule has 2 heterocycles. The summed E-state index contributed by atoms with van der Waals surface area (Å²) in [5.41, 5.74) is 5.96. The van der Waals surface area contributed by atoms with Gasteiger partial charge in [-0.1, -0.05) is 42.5 Å². The Labute approximate surface area is 142 Å². The SMILES string of the molecule is COc1ccccc1-c1n[nH]c2c1CN(Cc1ccccc1)CC2. The summed E-state index contributed by atoms with van der Waals surface area (Å²) in [7, 11) is 1.71. The van der Waals surface area contributed by atoms with Crippen molar-refractivity contribution < 1.29 is 4.74 Å². The number of rotatable bonds is 4. The van der Waals surface area contributed by atoms with E-state index in [0.29, 0.717) is 0 Å². The van der Waals surface area contributed by atoms with E-state index >= 15 is 0 Å². The topological polar surface area (TPSA) is 41.1 Å². The van der Waals surface area contributed by atoms with Gasteiger partial charge < -0.3 is 4.74 Å². The lowest BCUT2D eigenvalue weighted by Crippen LogP contribution is -2.29. The molecule has 4 nitrogen and oxygen atoms in total. The van der Waals surface area contributed by atoms with Crippen LogP contribution in [0.5, 0.6) is 5.75 Å². The van der Waals surface area contributed by atoms with Crippen molar-refractivity contribution in [3.63, 3.8) is 0 Å². The largest absolute Gasteiger partial charge is 0.496 e. The molecule has 0 aliphatic carbocycles. The van der Waals surface area contributed by atoms with Crippen LogP contribution >= 0.6 is 0 Å². The van der Waals surface area contributed by atoms with Gasteiger partial charge in [0, 0.05) is 42.9 Å². The van der Waals surface area contributed by atoms with Gasteiger partial charge in [0.05, 0.1) is 7.11 Å². The van der Waals surface area contributed by atoms with E-state index in [1.165, 1.54) is 16.8 Å². The van der Waals surface area contributed by atoms with Gasteiger partial charge >= 0.3 is 0 Å². The van der Waals surface area contributed by atoms with E-state index in [9.17, 15) is 0 Å². The molecule has 122 valence electrons. The van der Waals surface area contributed by atoms with E-state index in [1.54, 1.807) is 7.11 Å². The molecule has 0 saturated carbocycles. The van der Waals surface area contributed by atoms with Crippen LogP contribution in [0.2, 0.25) is 0 Å². The second-order valence-electron chi connectivity index (χ2n) is 6.18. The minimum absolute atomic E-state index is 0.868. The number of aromatic amines is 1. The first-order valence-corrected chi connectivity index (χ1v) is 8.31. The Morgan fingerprint density at radius 1 is 1.08 bits per heavy atom. The molecule has 1 aromatic heterocycles. The zero-order valence-corrected chi connectivity index (χ0v) is 13.8. The number of nitrogens with one attached hydrogen (secondary N) is 1. The molecular weight excluding hydrogens is 298 g/mol. The molecule has 1 aliphatic heterocycles. The van der Waals surface area contributed by atoms with Crippen LogP contribution in [0.25, 0.3) is 11.3 Å². The Morgan fingerprint density at radius 2 is 1.88 bits per heavy atom. The normalized spacial score (nSPS) is 14.4. The number of fused-ring (bicyclic) bond motifs is 1. The van der Waals surface area contributed by atoms with Crippen molar-refractivity contribution in [2.45, 2.75) is 19.5 Å². The van der Waals surface area contributed by atoms with Crippen LogP contribution in [0, 0.1) is 0 Å². The number of nitrogens with zero attached hydrogens (tertiary/aromatic N) is 2. The molecule has 4 heteroatoms. The summed E-state index contributed by atoms with van der Waals surface area (Å²) in [6, 6.07) is 18.7. The van der Waals surface area contributed by atoms with E-state index in [-0.39, 0.29) is 0 Å². The van der Waals surface area contributed by atoms with Gasteiger partial charge in [-0.2, -0.15) is 5.10 Å². The van der Waals surface area contributed by atoms with Crippen LogP contribution in [0.3, 0.4) is 0 Å². The molecule has 0 bridgehead atoms. The molecule has 0 unspecified atom stereocenters. The smallest absolute Gasteiger partial charge is 0.128 e. The summed E-state index contributed by atoms with van der Waals surface area (Å²) in [5, 5.41) is 7.81. The first-order chi connectivity index (χ1) is 11.8. The fraction of sp³-hybridized carbons (Fsp3) is 0.250. The first-order valence-electron chi connectivity index (χ1n) is 8.31. The van der Waals surface area contributed by atoms with Crippen LogP contribution in [0.1, 0.15) is 16.8 Å². The predicted molar refractivity (Wildman–Crippen MR) is 94.8 cm³/mol. The molecule has 2 aromatic carbocycles. The summed E-state index contributed by atoms with van der Waals surface area (Å²) < 4.78 is 5.52. The van der Waals surface area contributed by atoms with Crippen molar-refractivity contribution >= 4 is 0 Å². The highest BCUT2D eigenvalue weighted by Gasteiger charge is 2.24. The summed E-state index contributed by atoms with van der Waals surface area (Å²) in [6.07, 6.45) is 1.00. The molecule has 1 aliphatic rings. The van der Waals surface area contributed by atoms with Gasteiger partial charge in [-0.05, 0) is 17.7 Å². The Balaban J connectivity index is 1.62. The van der Waals surface area contributed by atoms with E-state index in [1.807, 2.05) is 18.2 Å². The van der Waals surface area contributed by atoms with E-state index in [0.717, 1.165) is 43.1 Å². The summed E-state index contributed by atoms with van der Waals surface area (Å²) in [6.45, 7) is 2.93. The highest BCUT2D eigenvalue weighted by atomic mass is 16.5. The fourth-order valence-corrected chi connectivity index (χ4v) is 3.39. The maximum Gasteiger partial charge on any atom is 0.128 e. The molecular formula is C20H21N3O. The molecule has 1 N–H and O–H groups in total. The van der Waals surface area contributed by atoms with Crippen molar-refractivity contribution in [1.82, 2.24) is 15.1 Å². The molecule has 0 saturated heterocycles. The highest BCUT2D eigenvalue weighted by Crippen LogP contribution is 2.34. The number of para-hydroxylation sites is 1.